The molecule has 234 valence electrons. The summed E-state index contributed by atoms with van der Waals surface area (Å²) in [6.07, 6.45) is 6.04. The van der Waals surface area contributed by atoms with E-state index in [1.165, 1.54) is 71.9 Å². The molecule has 0 N–H and O–H groups in total. The minimum Gasteiger partial charge on any atom is -0.465 e. The maximum Gasteiger partial charge on any atom is 0.410 e. The summed E-state index contributed by atoms with van der Waals surface area (Å²) in [5, 5.41) is 0. The maximum atomic E-state index is 12.5. The van der Waals surface area contributed by atoms with Gasteiger partial charge in [0.2, 0.25) is 0 Å². The lowest BCUT2D eigenvalue weighted by Crippen LogP contribution is -2.51. The first kappa shape index (κ1) is 31.7. The molecule has 1 saturated carbocycles. The number of hydrogen-bond donors (Lipinski definition) is 0. The Bertz CT molecular complexity index is 1450. The molecular weight excluding hydrogens is 584 g/mol. The van der Waals surface area contributed by atoms with Gasteiger partial charge in [-0.3, -0.25) is 4.90 Å². The van der Waals surface area contributed by atoms with Crippen LogP contribution in [0.15, 0.2) is 30.3 Å². The van der Waals surface area contributed by atoms with Gasteiger partial charge in [0.1, 0.15) is 10.5 Å². The van der Waals surface area contributed by atoms with Crippen LogP contribution in [-0.4, -0.2) is 85.0 Å². The van der Waals surface area contributed by atoms with Gasteiger partial charge in [0.15, 0.2) is 0 Å². The average molecular weight is 629 g/mol. The summed E-state index contributed by atoms with van der Waals surface area (Å²) in [4.78, 5) is 32.6. The van der Waals surface area contributed by atoms with E-state index in [1.54, 1.807) is 11.3 Å². The van der Waals surface area contributed by atoms with Gasteiger partial charge in [0, 0.05) is 63.6 Å². The van der Waals surface area contributed by atoms with E-state index < -0.39 is 5.60 Å². The van der Waals surface area contributed by atoms with Gasteiger partial charge >= 0.3 is 12.1 Å². The number of piperazine rings is 1. The highest BCUT2D eigenvalue weighted by Crippen LogP contribution is 2.49. The van der Waals surface area contributed by atoms with Gasteiger partial charge < -0.3 is 23.8 Å². The highest BCUT2D eigenvalue weighted by atomic mass is 35.5. The van der Waals surface area contributed by atoms with E-state index in [1.807, 2.05) is 25.7 Å². The van der Waals surface area contributed by atoms with Crippen molar-refractivity contribution in [3.63, 3.8) is 0 Å². The lowest BCUT2D eigenvalue weighted by Gasteiger charge is -2.36. The molecule has 2 aliphatic heterocycles. The van der Waals surface area contributed by atoms with Crippen LogP contribution < -0.4 is 4.90 Å². The van der Waals surface area contributed by atoms with E-state index in [0.29, 0.717) is 23.9 Å². The predicted molar refractivity (Wildman–Crippen MR) is 176 cm³/mol. The van der Waals surface area contributed by atoms with Gasteiger partial charge in [-0.2, -0.15) is 0 Å². The molecule has 8 nitrogen and oxygen atoms in total. The predicted octanol–water partition coefficient (Wildman–Crippen LogP) is 7.00. The van der Waals surface area contributed by atoms with E-state index in [9.17, 15) is 9.59 Å². The van der Waals surface area contributed by atoms with Crippen LogP contribution >= 0.6 is 23.7 Å². The molecule has 1 aromatic carbocycles. The van der Waals surface area contributed by atoms with Crippen LogP contribution in [0.25, 0.3) is 21.5 Å². The first-order valence-corrected chi connectivity index (χ1v) is 16.3. The second kappa shape index (κ2) is 13.1. The smallest absolute Gasteiger partial charge is 0.410 e. The number of esters is 1. The third kappa shape index (κ3) is 6.54. The summed E-state index contributed by atoms with van der Waals surface area (Å²) in [6.45, 7) is 12.5. The Morgan fingerprint density at radius 1 is 0.953 bits per heavy atom. The minimum absolute atomic E-state index is 0. The van der Waals surface area contributed by atoms with Crippen LogP contribution in [-0.2, 0) is 16.0 Å². The number of hydrogen-bond acceptors (Lipinski definition) is 7. The molecule has 2 aromatic heterocycles. The van der Waals surface area contributed by atoms with Gasteiger partial charge in [0.25, 0.3) is 0 Å². The fourth-order valence-electron chi connectivity index (χ4n) is 6.91. The SMILES string of the molecule is COC(=O)c1cc2c(s1)c(C1CCCCC1)c1n2CCN(CCN2CCN(C(=O)OC(C)(C)C)CC2)c2ccccc2-1.Cl. The molecule has 43 heavy (non-hydrogen) atoms. The molecule has 0 radical (unpaired) electrons. The van der Waals surface area contributed by atoms with Crippen molar-refractivity contribution >= 4 is 51.7 Å². The zero-order valence-corrected chi connectivity index (χ0v) is 27.5. The van der Waals surface area contributed by atoms with Gasteiger partial charge in [-0.25, -0.2) is 9.59 Å². The number of ether oxygens (including phenoxy) is 2. The number of anilines is 1. The van der Waals surface area contributed by atoms with Crippen molar-refractivity contribution in [2.75, 3.05) is 57.8 Å². The van der Waals surface area contributed by atoms with Crippen LogP contribution in [0.2, 0.25) is 0 Å². The van der Waals surface area contributed by atoms with E-state index >= 15 is 0 Å². The number of carbonyl (C=O) groups is 2. The standard InChI is InChI=1S/C33H44N4O4S.ClH/c1-33(2,3)41-32(39)36-18-15-34(16-19-36)14-17-35-20-21-37-26-22-27(31(38)40-4)42-30(26)28(23-10-6-5-7-11-23)29(37)24-12-8-9-13-25(24)35;/h8-9,12-13,22-23H,5-7,10-11,14-21H2,1-4H3;1H. The summed E-state index contributed by atoms with van der Waals surface area (Å²) in [5.41, 5.74) is 6.08. The van der Waals surface area contributed by atoms with Crippen molar-refractivity contribution < 1.29 is 19.1 Å². The number of carbonyl (C=O) groups excluding carboxylic acids is 2. The van der Waals surface area contributed by atoms with Crippen molar-refractivity contribution in [2.45, 2.75) is 70.9 Å². The van der Waals surface area contributed by atoms with Crippen LogP contribution in [0.4, 0.5) is 10.5 Å². The molecule has 3 aromatic rings. The highest BCUT2D eigenvalue weighted by Gasteiger charge is 2.32. The Morgan fingerprint density at radius 3 is 2.37 bits per heavy atom. The van der Waals surface area contributed by atoms with E-state index in [0.717, 1.165) is 39.3 Å². The number of nitrogens with zero attached hydrogens (tertiary/aromatic N) is 4. The number of halogens is 1. The van der Waals surface area contributed by atoms with E-state index in [-0.39, 0.29) is 24.5 Å². The summed E-state index contributed by atoms with van der Waals surface area (Å²) >= 11 is 1.61. The van der Waals surface area contributed by atoms with Crippen LogP contribution in [0.5, 0.6) is 0 Å². The van der Waals surface area contributed by atoms with Crippen molar-refractivity contribution in [3.05, 3.63) is 40.8 Å². The van der Waals surface area contributed by atoms with Crippen molar-refractivity contribution in [1.29, 1.82) is 0 Å². The Morgan fingerprint density at radius 2 is 1.67 bits per heavy atom. The van der Waals surface area contributed by atoms with Crippen LogP contribution in [0.3, 0.4) is 0 Å². The molecule has 1 saturated heterocycles. The molecule has 1 amide bonds. The first-order valence-electron chi connectivity index (χ1n) is 15.5. The normalized spacial score (nSPS) is 18.0. The first-order chi connectivity index (χ1) is 20.2. The molecule has 3 aliphatic rings. The third-order valence-corrected chi connectivity index (χ3v) is 10.1. The van der Waals surface area contributed by atoms with Crippen molar-refractivity contribution in [3.8, 4) is 11.3 Å². The maximum absolute atomic E-state index is 12.5. The van der Waals surface area contributed by atoms with E-state index in [2.05, 4.69) is 44.7 Å². The van der Waals surface area contributed by atoms with Crippen molar-refractivity contribution in [2.24, 2.45) is 0 Å². The zero-order chi connectivity index (χ0) is 29.4. The summed E-state index contributed by atoms with van der Waals surface area (Å²) in [6, 6.07) is 10.9. The fraction of sp³-hybridized carbons (Fsp3) is 0.576. The number of aromatic nitrogens is 1. The van der Waals surface area contributed by atoms with Crippen LogP contribution in [0.1, 0.15) is 74.0 Å². The van der Waals surface area contributed by atoms with Gasteiger partial charge in [-0.05, 0) is 57.2 Å². The number of para-hydroxylation sites is 1. The average Bonchev–Trinajstić information content (AvgIpc) is 3.49. The second-order valence-corrected chi connectivity index (χ2v) is 13.9. The summed E-state index contributed by atoms with van der Waals surface area (Å²) in [5.74, 6) is 0.269. The topological polar surface area (TPSA) is 67.2 Å². The molecule has 0 unspecified atom stereocenters. The van der Waals surface area contributed by atoms with Gasteiger partial charge in [-0.15, -0.1) is 23.7 Å². The number of amides is 1. The Kier molecular flexibility index (Phi) is 9.64. The molecule has 4 heterocycles. The molecule has 2 fully saturated rings. The molecule has 1 aliphatic carbocycles. The highest BCUT2D eigenvalue weighted by molar-refractivity contribution is 7.21. The molecule has 0 spiro atoms. The molecular formula is C33H45ClN4O4S. The quantitative estimate of drug-likeness (QED) is 0.284. The monoisotopic (exact) mass is 628 g/mol. The van der Waals surface area contributed by atoms with Crippen LogP contribution in [0, 0.1) is 0 Å². The molecule has 0 atom stereocenters. The number of benzene rings is 1. The Hall–Kier alpha value is -2.75. The molecule has 10 heteroatoms. The molecule has 6 rings (SSSR count). The van der Waals surface area contributed by atoms with E-state index in [4.69, 9.17) is 9.47 Å². The Labute approximate surface area is 265 Å². The second-order valence-electron chi connectivity index (χ2n) is 12.9. The lowest BCUT2D eigenvalue weighted by atomic mass is 9.83. The zero-order valence-electron chi connectivity index (χ0n) is 25.9. The minimum atomic E-state index is -0.473. The number of rotatable bonds is 5. The molecule has 0 bridgehead atoms. The Balaban J connectivity index is 0.00000368. The number of fused-ring (bicyclic) bond motifs is 5. The van der Waals surface area contributed by atoms with Gasteiger partial charge in [0.05, 0.1) is 23.0 Å². The summed E-state index contributed by atoms with van der Waals surface area (Å²) < 4.78 is 14.4. The fourth-order valence-corrected chi connectivity index (χ4v) is 8.11. The number of methoxy groups -OCH3 is 1. The third-order valence-electron chi connectivity index (χ3n) is 8.98. The number of thiophene rings is 1. The largest absolute Gasteiger partial charge is 0.465 e. The summed E-state index contributed by atoms with van der Waals surface area (Å²) in [7, 11) is 1.47. The lowest BCUT2D eigenvalue weighted by molar-refractivity contribution is 0.0147. The van der Waals surface area contributed by atoms with Crippen molar-refractivity contribution in [1.82, 2.24) is 14.4 Å². The van der Waals surface area contributed by atoms with Gasteiger partial charge in [-0.1, -0.05) is 37.5 Å².